The Labute approximate surface area is 263 Å². The van der Waals surface area contributed by atoms with Crippen molar-refractivity contribution in [1.82, 2.24) is 10.6 Å². The largest absolute Gasteiger partial charge is 0.389 e. The number of hydrogen-bond donors (Lipinski definition) is 4. The van der Waals surface area contributed by atoms with Crippen LogP contribution < -0.4 is 10.6 Å². The van der Waals surface area contributed by atoms with E-state index >= 15 is 0 Å². The highest BCUT2D eigenvalue weighted by atomic mass is 16.5. The van der Waals surface area contributed by atoms with Crippen LogP contribution in [-0.2, 0) is 9.47 Å². The van der Waals surface area contributed by atoms with E-state index in [1.807, 2.05) is 0 Å². The minimum Gasteiger partial charge on any atom is -0.389 e. The second-order valence-electron chi connectivity index (χ2n) is 12.6. The fourth-order valence-corrected chi connectivity index (χ4v) is 4.38. The highest BCUT2D eigenvalue weighted by Gasteiger charge is 2.05. The highest BCUT2D eigenvalue weighted by Crippen LogP contribution is 2.09. The van der Waals surface area contributed by atoms with Crippen LogP contribution in [0.2, 0.25) is 0 Å². The maximum absolute atomic E-state index is 9.72. The fourth-order valence-electron chi connectivity index (χ4n) is 4.38. The zero-order valence-electron chi connectivity index (χ0n) is 29.1. The summed E-state index contributed by atoms with van der Waals surface area (Å²) in [6.45, 7) is 16.5. The first-order valence-corrected chi connectivity index (χ1v) is 18.0. The van der Waals surface area contributed by atoms with Crippen molar-refractivity contribution < 1.29 is 19.7 Å². The lowest BCUT2D eigenvalue weighted by atomic mass is 10.1. The number of unbranched alkanes of at least 4 members (excludes halogenated alkanes) is 15. The van der Waals surface area contributed by atoms with Gasteiger partial charge in [0.1, 0.15) is 0 Å². The van der Waals surface area contributed by atoms with E-state index in [2.05, 4.69) is 64.3 Å². The van der Waals surface area contributed by atoms with E-state index in [4.69, 9.17) is 9.47 Å². The maximum atomic E-state index is 9.72. The van der Waals surface area contributed by atoms with Gasteiger partial charge in [0.2, 0.25) is 0 Å². The number of nitrogens with one attached hydrogen (secondary N) is 2. The Morgan fingerprint density at radius 2 is 0.833 bits per heavy atom. The van der Waals surface area contributed by atoms with Gasteiger partial charge in [-0.15, -0.1) is 0 Å². The molecule has 0 radical (unpaired) electrons. The van der Waals surface area contributed by atoms with Crippen molar-refractivity contribution in [3.05, 3.63) is 12.2 Å². The molecule has 0 aromatic carbocycles. The van der Waals surface area contributed by atoms with E-state index in [1.165, 1.54) is 103 Å². The van der Waals surface area contributed by atoms with Gasteiger partial charge in [-0.1, -0.05) is 131 Å². The van der Waals surface area contributed by atoms with Crippen LogP contribution in [0, 0.1) is 0 Å². The summed E-state index contributed by atoms with van der Waals surface area (Å²) in [5.74, 6) is 0. The molecule has 6 nitrogen and oxygen atoms in total. The average Bonchev–Trinajstić information content (AvgIpc) is 2.96. The maximum Gasteiger partial charge on any atom is 0.0897 e. The van der Waals surface area contributed by atoms with Gasteiger partial charge in [-0.3, -0.25) is 0 Å². The molecule has 0 saturated heterocycles. The predicted octanol–water partition coefficient (Wildman–Crippen LogP) is 8.34. The minimum atomic E-state index is -0.390. The molecule has 0 bridgehead atoms. The third-order valence-corrected chi connectivity index (χ3v) is 7.09. The molecule has 0 rings (SSSR count). The molecule has 0 aromatic rings. The number of allylic oxidation sites excluding steroid dienone is 2. The summed E-state index contributed by atoms with van der Waals surface area (Å²) in [5, 5.41) is 25.7. The number of aliphatic hydroxyl groups is 2. The molecular formula is C36H76N2O4. The SMILES string of the molecule is CCCCCCCC/C=C/CCCCCCOCC(O)CNC(C)C.CCCCCCCCOCC(O)CNC(C)C. The molecule has 2 atom stereocenters. The van der Waals surface area contributed by atoms with E-state index < -0.39 is 0 Å². The molecule has 42 heavy (non-hydrogen) atoms. The molecule has 2 unspecified atom stereocenters. The highest BCUT2D eigenvalue weighted by molar-refractivity contribution is 4.81. The van der Waals surface area contributed by atoms with Gasteiger partial charge in [0.05, 0.1) is 25.4 Å². The second-order valence-corrected chi connectivity index (χ2v) is 12.6. The van der Waals surface area contributed by atoms with E-state index in [-0.39, 0.29) is 12.2 Å². The molecule has 0 aliphatic heterocycles. The summed E-state index contributed by atoms with van der Waals surface area (Å²) >= 11 is 0. The van der Waals surface area contributed by atoms with Crippen LogP contribution in [0.3, 0.4) is 0 Å². The second kappa shape index (κ2) is 36.7. The summed E-state index contributed by atoms with van der Waals surface area (Å²) in [5.41, 5.74) is 0. The zero-order chi connectivity index (χ0) is 31.5. The molecule has 0 amide bonds. The lowest BCUT2D eigenvalue weighted by Crippen LogP contribution is -2.34. The Hall–Kier alpha value is -0.500. The first-order chi connectivity index (χ1) is 20.3. The Morgan fingerprint density at radius 3 is 1.19 bits per heavy atom. The van der Waals surface area contributed by atoms with E-state index in [9.17, 15) is 10.2 Å². The topological polar surface area (TPSA) is 83.0 Å². The van der Waals surface area contributed by atoms with Crippen LogP contribution in [-0.4, -0.2) is 74.0 Å². The van der Waals surface area contributed by atoms with Crippen LogP contribution in [0.25, 0.3) is 0 Å². The quantitative estimate of drug-likeness (QED) is 0.0473. The number of hydrogen-bond acceptors (Lipinski definition) is 6. The van der Waals surface area contributed by atoms with Crippen molar-refractivity contribution in [3.8, 4) is 0 Å². The molecule has 254 valence electrons. The van der Waals surface area contributed by atoms with Crippen molar-refractivity contribution in [2.24, 2.45) is 0 Å². The van der Waals surface area contributed by atoms with Crippen LogP contribution in [0.5, 0.6) is 0 Å². The summed E-state index contributed by atoms with van der Waals surface area (Å²) in [6, 6.07) is 0.831. The summed E-state index contributed by atoms with van der Waals surface area (Å²) in [6.07, 6.45) is 27.3. The lowest BCUT2D eigenvalue weighted by molar-refractivity contribution is 0.0346. The molecule has 4 N–H and O–H groups in total. The molecule has 0 aliphatic rings. The number of aliphatic hydroxyl groups excluding tert-OH is 2. The summed E-state index contributed by atoms with van der Waals surface area (Å²) < 4.78 is 11.0. The third kappa shape index (κ3) is 41.6. The van der Waals surface area contributed by atoms with Crippen molar-refractivity contribution >= 4 is 0 Å². The van der Waals surface area contributed by atoms with Crippen LogP contribution in [0.15, 0.2) is 12.2 Å². The molecule has 0 spiro atoms. The van der Waals surface area contributed by atoms with Gasteiger partial charge in [-0.2, -0.15) is 0 Å². The van der Waals surface area contributed by atoms with Gasteiger partial charge >= 0.3 is 0 Å². The van der Waals surface area contributed by atoms with Gasteiger partial charge in [0.15, 0.2) is 0 Å². The summed E-state index contributed by atoms with van der Waals surface area (Å²) in [7, 11) is 0. The van der Waals surface area contributed by atoms with Crippen molar-refractivity contribution in [2.45, 2.75) is 181 Å². The predicted molar refractivity (Wildman–Crippen MR) is 184 cm³/mol. The molecule has 0 aliphatic carbocycles. The Bertz CT molecular complexity index is 517. The van der Waals surface area contributed by atoms with Crippen LogP contribution >= 0.6 is 0 Å². The molecule has 0 fully saturated rings. The zero-order valence-corrected chi connectivity index (χ0v) is 29.1. The van der Waals surface area contributed by atoms with Gasteiger partial charge in [0, 0.05) is 38.4 Å². The van der Waals surface area contributed by atoms with Crippen molar-refractivity contribution in [3.63, 3.8) is 0 Å². The van der Waals surface area contributed by atoms with Gasteiger partial charge in [-0.05, 0) is 38.5 Å². The molecule has 0 saturated carbocycles. The Balaban J connectivity index is 0. The lowest BCUT2D eigenvalue weighted by Gasteiger charge is -2.14. The number of rotatable bonds is 31. The molecule has 0 heterocycles. The van der Waals surface area contributed by atoms with E-state index in [0.717, 1.165) is 26.1 Å². The first kappa shape index (κ1) is 43.6. The van der Waals surface area contributed by atoms with E-state index in [1.54, 1.807) is 0 Å². The molecular weight excluding hydrogens is 524 g/mol. The fraction of sp³-hybridized carbons (Fsp3) is 0.944. The third-order valence-electron chi connectivity index (χ3n) is 7.09. The number of ether oxygens (including phenoxy) is 2. The van der Waals surface area contributed by atoms with Crippen molar-refractivity contribution in [1.29, 1.82) is 0 Å². The van der Waals surface area contributed by atoms with Gasteiger partial charge in [0.25, 0.3) is 0 Å². The minimum absolute atomic E-state index is 0.377. The monoisotopic (exact) mass is 601 g/mol. The van der Waals surface area contributed by atoms with Crippen LogP contribution in [0.4, 0.5) is 0 Å². The van der Waals surface area contributed by atoms with E-state index in [0.29, 0.717) is 38.4 Å². The normalized spacial score (nSPS) is 13.2. The standard InChI is InChI=1S/C22H45NO2.C14H31NO2/c1-4-5-6-7-8-9-10-11-12-13-14-15-16-17-18-25-20-22(24)19-23-21(2)3;1-4-5-6-7-8-9-10-17-12-14(16)11-15-13(2)3/h11-12,21-24H,4-10,13-20H2,1-3H3;13-16H,4-12H2,1-3H3/b12-11+;. The molecule has 6 heteroatoms. The van der Waals surface area contributed by atoms with Gasteiger partial charge < -0.3 is 30.3 Å². The summed E-state index contributed by atoms with van der Waals surface area (Å²) in [4.78, 5) is 0. The van der Waals surface area contributed by atoms with Crippen LogP contribution in [0.1, 0.15) is 157 Å². The molecule has 0 aromatic heterocycles. The van der Waals surface area contributed by atoms with Crippen molar-refractivity contribution in [2.75, 3.05) is 39.5 Å². The first-order valence-electron chi connectivity index (χ1n) is 18.0. The van der Waals surface area contributed by atoms with Gasteiger partial charge in [-0.25, -0.2) is 0 Å². The Morgan fingerprint density at radius 1 is 0.500 bits per heavy atom. The average molecular weight is 601 g/mol. The Kier molecular flexibility index (Phi) is 38.1. The smallest absolute Gasteiger partial charge is 0.0897 e.